The molecule has 2 N–H and O–H groups in total. The van der Waals surface area contributed by atoms with Gasteiger partial charge in [0, 0.05) is 6.54 Å². The van der Waals surface area contributed by atoms with Crippen LogP contribution in [-0.4, -0.2) is 10.1 Å². The lowest BCUT2D eigenvalue weighted by atomic mass is 10.2. The Hall–Kier alpha value is -1.88. The first-order chi connectivity index (χ1) is 8.56. The highest BCUT2D eigenvalue weighted by Gasteiger charge is 2.05. The molecule has 2 rings (SSSR count). The normalized spacial score (nSPS) is 10.8. The number of aryl methyl sites for hydroxylation is 2. The highest BCUT2D eigenvalue weighted by atomic mass is 19.1. The van der Waals surface area contributed by atoms with Crippen LogP contribution in [0.4, 0.5) is 4.39 Å². The number of rotatable bonds is 4. The lowest BCUT2D eigenvalue weighted by Gasteiger charge is -2.03. The Kier molecular flexibility index (Phi) is 3.62. The Morgan fingerprint density at radius 3 is 2.72 bits per heavy atom. The molecule has 0 aliphatic heterocycles. The van der Waals surface area contributed by atoms with Crippen molar-refractivity contribution in [3.8, 4) is 5.75 Å². The number of phenolic OH excluding ortho intramolecular Hbond substituents is 1. The third-order valence-corrected chi connectivity index (χ3v) is 2.69. The van der Waals surface area contributed by atoms with Crippen LogP contribution in [0, 0.1) is 19.7 Å². The summed E-state index contributed by atoms with van der Waals surface area (Å²) in [4.78, 5) is 4.23. The summed E-state index contributed by atoms with van der Waals surface area (Å²) in [6, 6.07) is 4.30. The van der Waals surface area contributed by atoms with Gasteiger partial charge >= 0.3 is 0 Å². The van der Waals surface area contributed by atoms with Gasteiger partial charge < -0.3 is 14.8 Å². The molecule has 0 atom stereocenters. The average molecular weight is 250 g/mol. The average Bonchev–Trinajstić information content (AvgIpc) is 2.63. The molecule has 0 radical (unpaired) electrons. The summed E-state index contributed by atoms with van der Waals surface area (Å²) in [7, 11) is 0. The van der Waals surface area contributed by atoms with Gasteiger partial charge in [0.25, 0.3) is 0 Å². The second-order valence-corrected chi connectivity index (χ2v) is 4.14. The molecule has 0 saturated carbocycles. The number of nitrogens with zero attached hydrogens (tertiary/aromatic N) is 1. The van der Waals surface area contributed by atoms with Crippen molar-refractivity contribution < 1.29 is 13.9 Å². The van der Waals surface area contributed by atoms with Crippen molar-refractivity contribution in [2.75, 3.05) is 0 Å². The van der Waals surface area contributed by atoms with Gasteiger partial charge in [-0.15, -0.1) is 0 Å². The molecule has 2 aromatic rings. The Labute approximate surface area is 104 Å². The zero-order chi connectivity index (χ0) is 13.1. The zero-order valence-electron chi connectivity index (χ0n) is 10.3. The monoisotopic (exact) mass is 250 g/mol. The summed E-state index contributed by atoms with van der Waals surface area (Å²) in [5.41, 5.74) is 1.63. The molecular formula is C13H15FN2O2. The molecule has 0 bridgehead atoms. The third-order valence-electron chi connectivity index (χ3n) is 2.69. The zero-order valence-corrected chi connectivity index (χ0v) is 10.3. The van der Waals surface area contributed by atoms with Crippen LogP contribution in [0.3, 0.4) is 0 Å². The van der Waals surface area contributed by atoms with Crippen LogP contribution in [0.5, 0.6) is 5.75 Å². The first-order valence-corrected chi connectivity index (χ1v) is 5.67. The van der Waals surface area contributed by atoms with E-state index in [-0.39, 0.29) is 5.75 Å². The number of hydrogen-bond acceptors (Lipinski definition) is 4. The van der Waals surface area contributed by atoms with E-state index in [2.05, 4.69) is 10.3 Å². The fourth-order valence-electron chi connectivity index (χ4n) is 1.59. The molecule has 96 valence electrons. The van der Waals surface area contributed by atoms with Crippen LogP contribution in [0.2, 0.25) is 0 Å². The summed E-state index contributed by atoms with van der Waals surface area (Å²) in [6.07, 6.45) is 0. The molecule has 0 saturated heterocycles. The number of nitrogens with one attached hydrogen (secondary N) is 1. The van der Waals surface area contributed by atoms with Gasteiger partial charge in [0.1, 0.15) is 5.76 Å². The molecule has 0 spiro atoms. The van der Waals surface area contributed by atoms with Crippen molar-refractivity contribution in [2.24, 2.45) is 0 Å². The molecule has 1 aromatic carbocycles. The SMILES string of the molecule is Cc1nc(CNCc2ccc(O)c(F)c2)oc1C. The fourth-order valence-corrected chi connectivity index (χ4v) is 1.59. The number of hydrogen-bond donors (Lipinski definition) is 2. The Morgan fingerprint density at radius 1 is 1.33 bits per heavy atom. The molecule has 0 aliphatic rings. The predicted octanol–water partition coefficient (Wildman–Crippen LogP) is 2.43. The minimum atomic E-state index is -0.614. The van der Waals surface area contributed by atoms with Crippen LogP contribution in [0.1, 0.15) is 22.9 Å². The van der Waals surface area contributed by atoms with Crippen molar-refractivity contribution >= 4 is 0 Å². The lowest BCUT2D eigenvalue weighted by Crippen LogP contribution is -2.13. The van der Waals surface area contributed by atoms with Gasteiger partial charge in [-0.25, -0.2) is 9.37 Å². The molecule has 0 amide bonds. The van der Waals surface area contributed by atoms with E-state index in [0.29, 0.717) is 19.0 Å². The van der Waals surface area contributed by atoms with E-state index in [1.54, 1.807) is 6.07 Å². The second-order valence-electron chi connectivity index (χ2n) is 4.14. The molecule has 1 aromatic heterocycles. The number of oxazole rings is 1. The molecule has 18 heavy (non-hydrogen) atoms. The van der Waals surface area contributed by atoms with Gasteiger partial charge in [0.2, 0.25) is 5.89 Å². The van der Waals surface area contributed by atoms with E-state index in [0.717, 1.165) is 17.0 Å². The van der Waals surface area contributed by atoms with Gasteiger partial charge in [-0.05, 0) is 31.5 Å². The highest BCUT2D eigenvalue weighted by molar-refractivity contribution is 5.27. The maximum atomic E-state index is 13.1. The van der Waals surface area contributed by atoms with E-state index < -0.39 is 5.82 Å². The summed E-state index contributed by atoms with van der Waals surface area (Å²) in [5, 5.41) is 12.2. The maximum Gasteiger partial charge on any atom is 0.208 e. The molecule has 1 heterocycles. The van der Waals surface area contributed by atoms with E-state index in [1.807, 2.05) is 13.8 Å². The first kappa shape index (κ1) is 12.6. The number of phenols is 1. The van der Waals surface area contributed by atoms with Gasteiger partial charge in [-0.1, -0.05) is 6.07 Å². The van der Waals surface area contributed by atoms with Gasteiger partial charge in [0.05, 0.1) is 12.2 Å². The summed E-state index contributed by atoms with van der Waals surface area (Å²) >= 11 is 0. The predicted molar refractivity (Wildman–Crippen MR) is 64.6 cm³/mol. The summed E-state index contributed by atoms with van der Waals surface area (Å²) in [5.74, 6) is 0.474. The summed E-state index contributed by atoms with van der Waals surface area (Å²) < 4.78 is 18.5. The van der Waals surface area contributed by atoms with E-state index in [9.17, 15) is 4.39 Å². The standard InChI is InChI=1S/C13H15FN2O2/c1-8-9(2)18-13(16-8)7-15-6-10-3-4-12(17)11(14)5-10/h3-5,15,17H,6-7H2,1-2H3. The Balaban J connectivity index is 1.90. The fraction of sp³-hybridized carbons (Fsp3) is 0.308. The lowest BCUT2D eigenvalue weighted by molar-refractivity contribution is 0.430. The quantitative estimate of drug-likeness (QED) is 0.875. The van der Waals surface area contributed by atoms with Crippen molar-refractivity contribution in [2.45, 2.75) is 26.9 Å². The first-order valence-electron chi connectivity index (χ1n) is 5.67. The van der Waals surface area contributed by atoms with E-state index in [4.69, 9.17) is 9.52 Å². The van der Waals surface area contributed by atoms with Crippen molar-refractivity contribution in [3.05, 3.63) is 46.9 Å². The molecule has 0 unspecified atom stereocenters. The number of halogens is 1. The van der Waals surface area contributed by atoms with Crippen LogP contribution in [-0.2, 0) is 13.1 Å². The van der Waals surface area contributed by atoms with E-state index in [1.165, 1.54) is 12.1 Å². The van der Waals surface area contributed by atoms with Gasteiger partial charge in [-0.3, -0.25) is 0 Å². The Morgan fingerprint density at radius 2 is 2.11 bits per heavy atom. The minimum absolute atomic E-state index is 0.335. The molecular weight excluding hydrogens is 235 g/mol. The van der Waals surface area contributed by atoms with Crippen molar-refractivity contribution in [1.29, 1.82) is 0 Å². The van der Waals surface area contributed by atoms with E-state index >= 15 is 0 Å². The number of benzene rings is 1. The van der Waals surface area contributed by atoms with Crippen LogP contribution < -0.4 is 5.32 Å². The smallest absolute Gasteiger partial charge is 0.208 e. The van der Waals surface area contributed by atoms with Crippen LogP contribution in [0.25, 0.3) is 0 Å². The van der Waals surface area contributed by atoms with Crippen molar-refractivity contribution in [1.82, 2.24) is 10.3 Å². The second kappa shape index (κ2) is 5.18. The van der Waals surface area contributed by atoms with Gasteiger partial charge in [0.15, 0.2) is 11.6 Å². The molecule has 5 heteroatoms. The van der Waals surface area contributed by atoms with Crippen LogP contribution >= 0.6 is 0 Å². The summed E-state index contributed by atoms with van der Waals surface area (Å²) in [6.45, 7) is 4.72. The molecule has 4 nitrogen and oxygen atoms in total. The topological polar surface area (TPSA) is 58.3 Å². The number of aromatic nitrogens is 1. The largest absolute Gasteiger partial charge is 0.505 e. The molecule has 0 aliphatic carbocycles. The van der Waals surface area contributed by atoms with Gasteiger partial charge in [-0.2, -0.15) is 0 Å². The van der Waals surface area contributed by atoms with Crippen LogP contribution in [0.15, 0.2) is 22.6 Å². The molecule has 0 fully saturated rings. The number of aromatic hydroxyl groups is 1. The minimum Gasteiger partial charge on any atom is -0.505 e. The Bertz CT molecular complexity index is 532. The third kappa shape index (κ3) is 2.87. The highest BCUT2D eigenvalue weighted by Crippen LogP contribution is 2.16. The van der Waals surface area contributed by atoms with Crippen molar-refractivity contribution in [3.63, 3.8) is 0 Å². The maximum absolute atomic E-state index is 13.1.